The molecule has 3 aliphatic rings. The maximum Gasteiger partial charge on any atom is 0.119 e. The van der Waals surface area contributed by atoms with E-state index in [1.165, 1.54) is 37.7 Å². The molecule has 6 atom stereocenters. The summed E-state index contributed by atoms with van der Waals surface area (Å²) in [5, 5.41) is 10.7. The molecule has 0 spiro atoms. The molecular weight excluding hydrogens is 272 g/mol. The van der Waals surface area contributed by atoms with Crippen LogP contribution >= 0.6 is 0 Å². The number of aliphatic hydroxyl groups excluding tert-OH is 1. The molecule has 0 saturated heterocycles. The van der Waals surface area contributed by atoms with Gasteiger partial charge in [0.25, 0.3) is 0 Å². The van der Waals surface area contributed by atoms with Crippen LogP contribution < -0.4 is 4.74 Å². The van der Waals surface area contributed by atoms with Gasteiger partial charge in [-0.2, -0.15) is 0 Å². The molecule has 2 heteroatoms. The second kappa shape index (κ2) is 4.99. The Bertz CT molecular complexity index is 581. The van der Waals surface area contributed by atoms with E-state index in [2.05, 4.69) is 32.0 Å². The molecule has 0 amide bonds. The van der Waals surface area contributed by atoms with Gasteiger partial charge in [-0.25, -0.2) is 0 Å². The SMILES string of the molecule is COc1ccc2c(c1)CCC1C2CCC2(C)C1C[C@@H](C)C2O. The molecule has 2 saturated carbocycles. The molecule has 0 aromatic heterocycles. The van der Waals surface area contributed by atoms with E-state index in [1.54, 1.807) is 12.7 Å². The van der Waals surface area contributed by atoms with Crippen LogP contribution in [0.25, 0.3) is 0 Å². The van der Waals surface area contributed by atoms with E-state index in [4.69, 9.17) is 4.74 Å². The number of rotatable bonds is 1. The Labute approximate surface area is 133 Å². The van der Waals surface area contributed by atoms with Crippen molar-refractivity contribution in [3.63, 3.8) is 0 Å². The molecule has 0 aliphatic heterocycles. The molecule has 0 radical (unpaired) electrons. The lowest BCUT2D eigenvalue weighted by Gasteiger charge is -2.50. The lowest BCUT2D eigenvalue weighted by atomic mass is 9.55. The van der Waals surface area contributed by atoms with Gasteiger partial charge < -0.3 is 9.84 Å². The number of benzene rings is 1. The van der Waals surface area contributed by atoms with E-state index in [1.807, 2.05) is 0 Å². The van der Waals surface area contributed by atoms with E-state index in [0.717, 1.165) is 11.7 Å². The zero-order chi connectivity index (χ0) is 15.5. The minimum absolute atomic E-state index is 0.101. The summed E-state index contributed by atoms with van der Waals surface area (Å²) in [6, 6.07) is 6.68. The third-order valence-electron chi connectivity index (χ3n) is 7.21. The van der Waals surface area contributed by atoms with Gasteiger partial charge in [0.2, 0.25) is 0 Å². The van der Waals surface area contributed by atoms with Crippen LogP contribution in [0.15, 0.2) is 18.2 Å². The molecule has 2 fully saturated rings. The monoisotopic (exact) mass is 300 g/mol. The molecule has 1 N–H and O–H groups in total. The summed E-state index contributed by atoms with van der Waals surface area (Å²) in [4.78, 5) is 0. The summed E-state index contributed by atoms with van der Waals surface area (Å²) in [6.07, 6.45) is 5.98. The van der Waals surface area contributed by atoms with Crippen molar-refractivity contribution in [3.8, 4) is 5.75 Å². The molecule has 0 bridgehead atoms. The predicted molar refractivity (Wildman–Crippen MR) is 88.2 cm³/mol. The van der Waals surface area contributed by atoms with Crippen LogP contribution in [0.5, 0.6) is 5.75 Å². The van der Waals surface area contributed by atoms with E-state index in [9.17, 15) is 5.11 Å². The first-order valence-corrected chi connectivity index (χ1v) is 8.89. The molecule has 1 aromatic rings. The fourth-order valence-electron chi connectivity index (χ4n) is 6.02. The van der Waals surface area contributed by atoms with Gasteiger partial charge in [-0.3, -0.25) is 0 Å². The number of aryl methyl sites for hydroxylation is 1. The quantitative estimate of drug-likeness (QED) is 0.844. The fourth-order valence-corrected chi connectivity index (χ4v) is 6.02. The maximum atomic E-state index is 10.7. The lowest BCUT2D eigenvalue weighted by molar-refractivity contribution is -0.0309. The Morgan fingerprint density at radius 2 is 2.09 bits per heavy atom. The van der Waals surface area contributed by atoms with Gasteiger partial charge >= 0.3 is 0 Å². The summed E-state index contributed by atoms with van der Waals surface area (Å²) in [5.74, 6) is 3.62. The van der Waals surface area contributed by atoms with Crippen LogP contribution in [0.4, 0.5) is 0 Å². The Morgan fingerprint density at radius 1 is 1.27 bits per heavy atom. The molecule has 0 heterocycles. The van der Waals surface area contributed by atoms with E-state index in [0.29, 0.717) is 17.8 Å². The number of hydrogen-bond donors (Lipinski definition) is 1. The van der Waals surface area contributed by atoms with Gasteiger partial charge in [-0.1, -0.05) is 19.9 Å². The maximum absolute atomic E-state index is 10.7. The second-order valence-electron chi connectivity index (χ2n) is 8.18. The van der Waals surface area contributed by atoms with Gasteiger partial charge in [0.1, 0.15) is 5.75 Å². The first-order chi connectivity index (χ1) is 10.5. The van der Waals surface area contributed by atoms with E-state index in [-0.39, 0.29) is 11.5 Å². The van der Waals surface area contributed by atoms with E-state index < -0.39 is 0 Å². The summed E-state index contributed by atoms with van der Waals surface area (Å²) < 4.78 is 5.40. The van der Waals surface area contributed by atoms with Crippen molar-refractivity contribution in [3.05, 3.63) is 29.3 Å². The highest BCUT2D eigenvalue weighted by Crippen LogP contribution is 2.62. The molecular formula is C20H28O2. The standard InChI is InChI=1S/C20H28O2/c1-12-10-18-17-6-4-13-11-14(22-3)5-7-15(13)16(17)8-9-20(18,2)19(12)21/h5,7,11-12,16-19,21H,4,6,8-10H2,1-3H3/t12-,16?,17?,18?,19?,20?/m1/s1. The number of methoxy groups -OCH3 is 1. The van der Waals surface area contributed by atoms with Crippen LogP contribution in [0.1, 0.15) is 56.6 Å². The highest BCUT2D eigenvalue weighted by molar-refractivity contribution is 5.40. The topological polar surface area (TPSA) is 29.5 Å². The van der Waals surface area contributed by atoms with Crippen LogP contribution in [0.3, 0.4) is 0 Å². The molecule has 2 nitrogen and oxygen atoms in total. The third-order valence-corrected chi connectivity index (χ3v) is 7.21. The number of fused-ring (bicyclic) bond motifs is 5. The molecule has 5 unspecified atom stereocenters. The van der Waals surface area contributed by atoms with Crippen molar-refractivity contribution < 1.29 is 9.84 Å². The minimum Gasteiger partial charge on any atom is -0.497 e. The smallest absolute Gasteiger partial charge is 0.119 e. The largest absolute Gasteiger partial charge is 0.497 e. The van der Waals surface area contributed by atoms with Gasteiger partial charge in [-0.05, 0) is 84.5 Å². The molecule has 4 rings (SSSR count). The summed E-state index contributed by atoms with van der Waals surface area (Å²) in [7, 11) is 1.75. The number of ether oxygens (including phenoxy) is 1. The Hall–Kier alpha value is -1.02. The average molecular weight is 300 g/mol. The van der Waals surface area contributed by atoms with Crippen molar-refractivity contribution in [2.75, 3.05) is 7.11 Å². The van der Waals surface area contributed by atoms with Gasteiger partial charge in [0.05, 0.1) is 13.2 Å². The molecule has 22 heavy (non-hydrogen) atoms. The zero-order valence-electron chi connectivity index (χ0n) is 14.0. The fraction of sp³-hybridized carbons (Fsp3) is 0.700. The van der Waals surface area contributed by atoms with Gasteiger partial charge in [0.15, 0.2) is 0 Å². The number of aliphatic hydroxyl groups is 1. The van der Waals surface area contributed by atoms with Crippen molar-refractivity contribution in [1.82, 2.24) is 0 Å². The third kappa shape index (κ3) is 1.89. The highest BCUT2D eigenvalue weighted by Gasteiger charge is 2.56. The molecule has 3 aliphatic carbocycles. The van der Waals surface area contributed by atoms with Crippen LogP contribution in [0.2, 0.25) is 0 Å². The Morgan fingerprint density at radius 3 is 2.86 bits per heavy atom. The van der Waals surface area contributed by atoms with E-state index >= 15 is 0 Å². The van der Waals surface area contributed by atoms with Gasteiger partial charge in [-0.15, -0.1) is 0 Å². The summed E-state index contributed by atoms with van der Waals surface area (Å²) >= 11 is 0. The van der Waals surface area contributed by atoms with Crippen molar-refractivity contribution in [2.45, 2.75) is 58.0 Å². The summed E-state index contributed by atoms with van der Waals surface area (Å²) in [5.41, 5.74) is 3.22. The normalized spacial score (nSPS) is 43.2. The Kier molecular flexibility index (Phi) is 3.30. The van der Waals surface area contributed by atoms with Crippen molar-refractivity contribution >= 4 is 0 Å². The van der Waals surface area contributed by atoms with Crippen molar-refractivity contribution in [1.29, 1.82) is 0 Å². The summed E-state index contributed by atoms with van der Waals surface area (Å²) in [6.45, 7) is 4.59. The number of hydrogen-bond acceptors (Lipinski definition) is 2. The Balaban J connectivity index is 1.69. The minimum atomic E-state index is -0.101. The van der Waals surface area contributed by atoms with Crippen LogP contribution in [-0.4, -0.2) is 18.3 Å². The molecule has 120 valence electrons. The second-order valence-corrected chi connectivity index (χ2v) is 8.18. The van der Waals surface area contributed by atoms with Crippen molar-refractivity contribution in [2.24, 2.45) is 23.2 Å². The van der Waals surface area contributed by atoms with Crippen LogP contribution in [0, 0.1) is 23.2 Å². The first-order valence-electron chi connectivity index (χ1n) is 8.89. The average Bonchev–Trinajstić information content (AvgIpc) is 2.77. The first kappa shape index (κ1) is 14.6. The predicted octanol–water partition coefficient (Wildman–Crippen LogP) is 4.16. The molecule has 1 aromatic carbocycles. The van der Waals surface area contributed by atoms with Gasteiger partial charge in [0, 0.05) is 0 Å². The zero-order valence-corrected chi connectivity index (χ0v) is 14.0. The van der Waals surface area contributed by atoms with Crippen LogP contribution in [-0.2, 0) is 6.42 Å². The lowest BCUT2D eigenvalue weighted by Crippen LogP contribution is -2.44. The highest BCUT2D eigenvalue weighted by atomic mass is 16.5.